The summed E-state index contributed by atoms with van der Waals surface area (Å²) in [7, 11) is 0. The SMILES string of the molecule is CCCN1CCCc2cc(CN(CCCN(CC)CC)C(=S)Nc3c(C)cccc3C)ccc21. The Morgan fingerprint density at radius 1 is 1.03 bits per heavy atom. The molecule has 0 amide bonds. The fourth-order valence-electron chi connectivity index (χ4n) is 5.02. The lowest BCUT2D eigenvalue weighted by Crippen LogP contribution is -2.37. The molecule has 2 aromatic carbocycles. The van der Waals surface area contributed by atoms with Crippen LogP contribution < -0.4 is 10.2 Å². The monoisotopic (exact) mass is 480 g/mol. The molecular weight excluding hydrogens is 436 g/mol. The summed E-state index contributed by atoms with van der Waals surface area (Å²) in [4.78, 5) is 7.40. The van der Waals surface area contributed by atoms with Gasteiger partial charge in [0.05, 0.1) is 0 Å². The van der Waals surface area contributed by atoms with Crippen molar-refractivity contribution in [2.24, 2.45) is 0 Å². The molecule has 0 bridgehead atoms. The number of nitrogens with one attached hydrogen (secondary N) is 1. The van der Waals surface area contributed by atoms with Crippen molar-refractivity contribution >= 4 is 28.7 Å². The molecular formula is C29H44N4S. The zero-order valence-electron chi connectivity index (χ0n) is 22.0. The first-order valence-corrected chi connectivity index (χ1v) is 13.6. The number of hydrogen-bond donors (Lipinski definition) is 1. The van der Waals surface area contributed by atoms with Crippen LogP contribution in [0.4, 0.5) is 11.4 Å². The molecule has 1 aliphatic heterocycles. The molecule has 186 valence electrons. The predicted molar refractivity (Wildman–Crippen MR) is 152 cm³/mol. The topological polar surface area (TPSA) is 21.8 Å². The van der Waals surface area contributed by atoms with Gasteiger partial charge in [0.1, 0.15) is 0 Å². The number of rotatable bonds is 11. The van der Waals surface area contributed by atoms with Crippen molar-refractivity contribution in [3.63, 3.8) is 0 Å². The summed E-state index contributed by atoms with van der Waals surface area (Å²) in [6, 6.07) is 13.5. The molecule has 3 rings (SSSR count). The van der Waals surface area contributed by atoms with Crippen molar-refractivity contribution in [3.8, 4) is 0 Å². The van der Waals surface area contributed by atoms with Crippen molar-refractivity contribution in [3.05, 3.63) is 58.7 Å². The van der Waals surface area contributed by atoms with Crippen LogP contribution in [0, 0.1) is 13.8 Å². The summed E-state index contributed by atoms with van der Waals surface area (Å²) in [6.07, 6.45) is 4.72. The number of aryl methyl sites for hydroxylation is 3. The maximum Gasteiger partial charge on any atom is 0.173 e. The molecule has 1 heterocycles. The van der Waals surface area contributed by atoms with Gasteiger partial charge >= 0.3 is 0 Å². The number of thiocarbonyl (C=S) groups is 1. The fraction of sp³-hybridized carbons (Fsp3) is 0.552. The van der Waals surface area contributed by atoms with E-state index in [0.717, 1.165) is 56.5 Å². The average molecular weight is 481 g/mol. The molecule has 0 aromatic heterocycles. The minimum absolute atomic E-state index is 0.822. The van der Waals surface area contributed by atoms with Gasteiger partial charge in [0.15, 0.2) is 5.11 Å². The van der Waals surface area contributed by atoms with Crippen LogP contribution in [0.2, 0.25) is 0 Å². The number of benzene rings is 2. The Morgan fingerprint density at radius 3 is 2.44 bits per heavy atom. The van der Waals surface area contributed by atoms with E-state index in [4.69, 9.17) is 12.2 Å². The number of fused-ring (bicyclic) bond motifs is 1. The van der Waals surface area contributed by atoms with Crippen molar-refractivity contribution < 1.29 is 0 Å². The molecule has 0 saturated heterocycles. The highest BCUT2D eigenvalue weighted by atomic mass is 32.1. The molecule has 0 atom stereocenters. The Hall–Kier alpha value is -2.11. The largest absolute Gasteiger partial charge is 0.371 e. The molecule has 4 nitrogen and oxygen atoms in total. The molecule has 0 aliphatic carbocycles. The standard InChI is InChI=1S/C29H44N4S/c1-6-17-32-19-10-14-26-21-25(15-16-27(26)32)22-33(20-11-18-31(7-2)8-3)29(34)30-28-23(4)12-9-13-24(28)5/h9,12-13,15-16,21H,6-8,10-11,14,17-20,22H2,1-5H3,(H,30,34). The second-order valence-electron chi connectivity index (χ2n) is 9.55. The van der Waals surface area contributed by atoms with Gasteiger partial charge in [-0.25, -0.2) is 0 Å². The Bertz CT molecular complexity index is 917. The van der Waals surface area contributed by atoms with Crippen molar-refractivity contribution in [1.82, 2.24) is 9.80 Å². The molecule has 1 aliphatic rings. The maximum absolute atomic E-state index is 5.98. The highest BCUT2D eigenvalue weighted by molar-refractivity contribution is 7.80. The summed E-state index contributed by atoms with van der Waals surface area (Å²) >= 11 is 5.98. The Morgan fingerprint density at radius 2 is 1.76 bits per heavy atom. The van der Waals surface area contributed by atoms with Crippen molar-refractivity contribution in [1.29, 1.82) is 0 Å². The van der Waals surface area contributed by atoms with E-state index < -0.39 is 0 Å². The van der Waals surface area contributed by atoms with Crippen LogP contribution in [0.3, 0.4) is 0 Å². The first-order chi connectivity index (χ1) is 16.5. The quantitative estimate of drug-likeness (QED) is 0.375. The van der Waals surface area contributed by atoms with E-state index in [0.29, 0.717) is 0 Å². The third-order valence-corrected chi connectivity index (χ3v) is 7.38. The van der Waals surface area contributed by atoms with Gasteiger partial charge in [-0.3, -0.25) is 0 Å². The van der Waals surface area contributed by atoms with E-state index in [1.54, 1.807) is 0 Å². The van der Waals surface area contributed by atoms with Crippen LogP contribution >= 0.6 is 12.2 Å². The van der Waals surface area contributed by atoms with E-state index in [1.165, 1.54) is 53.7 Å². The van der Waals surface area contributed by atoms with E-state index >= 15 is 0 Å². The smallest absolute Gasteiger partial charge is 0.173 e. The van der Waals surface area contributed by atoms with Crippen LogP contribution in [0.25, 0.3) is 0 Å². The minimum Gasteiger partial charge on any atom is -0.371 e. The number of hydrogen-bond acceptors (Lipinski definition) is 3. The van der Waals surface area contributed by atoms with Crippen molar-refractivity contribution in [2.75, 3.05) is 49.5 Å². The highest BCUT2D eigenvalue weighted by Crippen LogP contribution is 2.29. The van der Waals surface area contributed by atoms with Crippen molar-refractivity contribution in [2.45, 2.75) is 66.8 Å². The molecule has 2 aromatic rings. The van der Waals surface area contributed by atoms with Crippen LogP contribution in [0.1, 0.15) is 62.3 Å². The first-order valence-electron chi connectivity index (χ1n) is 13.2. The number of nitrogens with zero attached hydrogens (tertiary/aromatic N) is 3. The molecule has 0 radical (unpaired) electrons. The zero-order chi connectivity index (χ0) is 24.5. The van der Waals surface area contributed by atoms with Gasteiger partial charge in [0.25, 0.3) is 0 Å². The minimum atomic E-state index is 0.822. The second-order valence-corrected chi connectivity index (χ2v) is 9.94. The summed E-state index contributed by atoms with van der Waals surface area (Å²) < 4.78 is 0. The Kier molecular flexibility index (Phi) is 10.2. The lowest BCUT2D eigenvalue weighted by molar-refractivity contribution is 0.281. The van der Waals surface area contributed by atoms with E-state index in [9.17, 15) is 0 Å². The average Bonchev–Trinajstić information content (AvgIpc) is 2.83. The fourth-order valence-corrected chi connectivity index (χ4v) is 5.28. The molecule has 0 fully saturated rings. The molecule has 0 spiro atoms. The van der Waals surface area contributed by atoms with Gasteiger partial charge in [0.2, 0.25) is 0 Å². The van der Waals surface area contributed by atoms with Gasteiger partial charge in [0, 0.05) is 37.6 Å². The zero-order valence-corrected chi connectivity index (χ0v) is 22.8. The van der Waals surface area contributed by atoms with Crippen LogP contribution in [-0.2, 0) is 13.0 Å². The molecule has 1 N–H and O–H groups in total. The lowest BCUT2D eigenvalue weighted by atomic mass is 9.98. The normalized spacial score (nSPS) is 13.2. The number of para-hydroxylation sites is 1. The van der Waals surface area contributed by atoms with E-state index in [-0.39, 0.29) is 0 Å². The maximum atomic E-state index is 5.98. The first kappa shape index (κ1) is 26.5. The van der Waals surface area contributed by atoms with Gasteiger partial charge in [-0.05, 0) is 99.7 Å². The third kappa shape index (κ3) is 6.96. The molecule has 34 heavy (non-hydrogen) atoms. The lowest BCUT2D eigenvalue weighted by Gasteiger charge is -2.32. The number of anilines is 2. The van der Waals surface area contributed by atoms with Gasteiger partial charge < -0.3 is 20.0 Å². The van der Waals surface area contributed by atoms with Crippen LogP contribution in [0.5, 0.6) is 0 Å². The molecule has 0 unspecified atom stereocenters. The second kappa shape index (κ2) is 13.1. The van der Waals surface area contributed by atoms with Gasteiger partial charge in [-0.1, -0.05) is 51.1 Å². The highest BCUT2D eigenvalue weighted by Gasteiger charge is 2.18. The molecule has 5 heteroatoms. The van der Waals surface area contributed by atoms with E-state index in [1.807, 2.05) is 0 Å². The van der Waals surface area contributed by atoms with Crippen LogP contribution in [-0.4, -0.2) is 54.2 Å². The Balaban J connectivity index is 1.77. The summed E-state index contributed by atoms with van der Waals surface area (Å²) in [5.41, 5.74) is 7.88. The van der Waals surface area contributed by atoms with Crippen LogP contribution in [0.15, 0.2) is 36.4 Å². The summed E-state index contributed by atoms with van der Waals surface area (Å²) in [5.74, 6) is 0. The Labute approximate surface area is 213 Å². The van der Waals surface area contributed by atoms with Gasteiger partial charge in [-0.15, -0.1) is 0 Å². The summed E-state index contributed by atoms with van der Waals surface area (Å²) in [6.45, 7) is 18.5. The predicted octanol–water partition coefficient (Wildman–Crippen LogP) is 6.40. The molecule has 0 saturated carbocycles. The summed E-state index contributed by atoms with van der Waals surface area (Å²) in [5, 5.41) is 4.41. The van der Waals surface area contributed by atoms with Gasteiger partial charge in [-0.2, -0.15) is 0 Å². The third-order valence-electron chi connectivity index (χ3n) is 7.02. The van der Waals surface area contributed by atoms with E-state index in [2.05, 4.69) is 91.0 Å².